The smallest absolute Gasteiger partial charge is 0.217 e. The van der Waals surface area contributed by atoms with Gasteiger partial charge in [-0.3, -0.25) is 4.79 Å². The summed E-state index contributed by atoms with van der Waals surface area (Å²) in [5.41, 5.74) is 0.817. The van der Waals surface area contributed by atoms with Gasteiger partial charge in [0, 0.05) is 10.0 Å². The van der Waals surface area contributed by atoms with Crippen LogP contribution in [0.1, 0.15) is 36.5 Å². The summed E-state index contributed by atoms with van der Waals surface area (Å²) in [6.45, 7) is 4.02. The standard InChI is InChI=1S/C14H18BrNO/c1-11-6-4-5-9-16(11)10-14(17)12-7-2-3-8-13(12)15/h2-3,7-8,11H,4-6,9-10H2,1H3/p+1/t11-/m0/s1. The van der Waals surface area contributed by atoms with E-state index in [0.29, 0.717) is 12.6 Å². The highest BCUT2D eigenvalue weighted by atomic mass is 79.9. The zero-order valence-electron chi connectivity index (χ0n) is 10.2. The minimum atomic E-state index is 0.251. The number of nitrogens with one attached hydrogen (secondary N) is 1. The number of carbonyl (C=O) groups is 1. The van der Waals surface area contributed by atoms with Crippen molar-refractivity contribution in [2.75, 3.05) is 13.1 Å². The van der Waals surface area contributed by atoms with Gasteiger partial charge in [-0.25, -0.2) is 0 Å². The topological polar surface area (TPSA) is 21.5 Å². The van der Waals surface area contributed by atoms with Gasteiger partial charge in [-0.2, -0.15) is 0 Å². The van der Waals surface area contributed by atoms with Crippen molar-refractivity contribution < 1.29 is 9.69 Å². The van der Waals surface area contributed by atoms with Crippen LogP contribution in [-0.4, -0.2) is 24.9 Å². The number of quaternary nitrogens is 1. The zero-order chi connectivity index (χ0) is 12.3. The van der Waals surface area contributed by atoms with Gasteiger partial charge in [0.25, 0.3) is 0 Å². The van der Waals surface area contributed by atoms with Gasteiger partial charge in [-0.05, 0) is 32.3 Å². The number of piperidine rings is 1. The molecule has 1 aromatic rings. The molecule has 1 N–H and O–H groups in total. The summed E-state index contributed by atoms with van der Waals surface area (Å²) in [7, 11) is 0. The van der Waals surface area contributed by atoms with Gasteiger partial charge in [-0.15, -0.1) is 0 Å². The van der Waals surface area contributed by atoms with Crippen LogP contribution in [0.2, 0.25) is 0 Å². The Kier molecular flexibility index (Phi) is 4.35. The summed E-state index contributed by atoms with van der Waals surface area (Å²) in [5.74, 6) is 0.251. The Morgan fingerprint density at radius 1 is 1.41 bits per heavy atom. The molecule has 0 saturated carbocycles. The van der Waals surface area contributed by atoms with E-state index in [1.54, 1.807) is 0 Å². The molecule has 2 rings (SSSR count). The molecule has 2 atom stereocenters. The molecule has 1 heterocycles. The van der Waals surface area contributed by atoms with Crippen molar-refractivity contribution >= 4 is 21.7 Å². The van der Waals surface area contributed by atoms with E-state index in [1.165, 1.54) is 24.2 Å². The number of benzene rings is 1. The van der Waals surface area contributed by atoms with Crippen molar-refractivity contribution in [2.45, 2.75) is 32.2 Å². The summed E-state index contributed by atoms with van der Waals surface area (Å²) in [6, 6.07) is 8.32. The van der Waals surface area contributed by atoms with Crippen molar-refractivity contribution in [1.29, 1.82) is 0 Å². The van der Waals surface area contributed by atoms with Crippen molar-refractivity contribution in [3.63, 3.8) is 0 Å². The van der Waals surface area contributed by atoms with Crippen LogP contribution in [0, 0.1) is 0 Å². The minimum Gasteiger partial charge on any atom is -0.326 e. The quantitative estimate of drug-likeness (QED) is 0.848. The summed E-state index contributed by atoms with van der Waals surface area (Å²) in [5, 5.41) is 0. The first-order valence-corrected chi connectivity index (χ1v) is 7.10. The Hall–Kier alpha value is -0.670. The number of Topliss-reactive ketones (excluding diaryl/α,β-unsaturated/α-hetero) is 1. The van der Waals surface area contributed by atoms with Crippen molar-refractivity contribution in [3.05, 3.63) is 34.3 Å². The largest absolute Gasteiger partial charge is 0.326 e. The lowest BCUT2D eigenvalue weighted by molar-refractivity contribution is -0.920. The fourth-order valence-corrected chi connectivity index (χ4v) is 3.01. The Labute approximate surface area is 111 Å². The minimum absolute atomic E-state index is 0.251. The van der Waals surface area contributed by atoms with E-state index in [0.717, 1.165) is 16.6 Å². The molecule has 1 fully saturated rings. The molecule has 3 heteroatoms. The fraction of sp³-hybridized carbons (Fsp3) is 0.500. The molecule has 92 valence electrons. The molecule has 0 aliphatic carbocycles. The van der Waals surface area contributed by atoms with Gasteiger partial charge < -0.3 is 4.90 Å². The molecule has 0 aromatic heterocycles. The van der Waals surface area contributed by atoms with Crippen LogP contribution in [0.5, 0.6) is 0 Å². The molecular formula is C14H19BrNO+. The normalized spacial score (nSPS) is 24.6. The second kappa shape index (κ2) is 5.78. The average molecular weight is 297 g/mol. The highest BCUT2D eigenvalue weighted by Gasteiger charge is 2.25. The monoisotopic (exact) mass is 296 g/mol. The lowest BCUT2D eigenvalue weighted by Gasteiger charge is -2.29. The molecule has 2 nitrogen and oxygen atoms in total. The predicted octanol–water partition coefficient (Wildman–Crippen LogP) is 2.09. The van der Waals surface area contributed by atoms with Crippen LogP contribution in [-0.2, 0) is 0 Å². The number of carbonyl (C=O) groups excluding carboxylic acids is 1. The number of halogens is 1. The molecule has 1 unspecified atom stereocenters. The SMILES string of the molecule is C[C@H]1CCCC[NH+]1CC(=O)c1ccccc1Br. The Morgan fingerprint density at radius 2 is 2.18 bits per heavy atom. The van der Waals surface area contributed by atoms with Crippen LogP contribution < -0.4 is 4.90 Å². The van der Waals surface area contributed by atoms with Gasteiger partial charge in [0.05, 0.1) is 12.6 Å². The van der Waals surface area contributed by atoms with Crippen molar-refractivity contribution in [3.8, 4) is 0 Å². The van der Waals surface area contributed by atoms with Crippen LogP contribution in [0.25, 0.3) is 0 Å². The number of hydrogen-bond acceptors (Lipinski definition) is 1. The van der Waals surface area contributed by atoms with Gasteiger partial charge >= 0.3 is 0 Å². The third-order valence-electron chi connectivity index (χ3n) is 3.64. The van der Waals surface area contributed by atoms with E-state index < -0.39 is 0 Å². The van der Waals surface area contributed by atoms with E-state index >= 15 is 0 Å². The third-order valence-corrected chi connectivity index (χ3v) is 4.34. The van der Waals surface area contributed by atoms with Crippen LogP contribution in [0.15, 0.2) is 28.7 Å². The average Bonchev–Trinajstić information content (AvgIpc) is 2.32. The van der Waals surface area contributed by atoms with Crippen molar-refractivity contribution in [1.82, 2.24) is 0 Å². The second-order valence-corrected chi connectivity index (χ2v) is 5.74. The van der Waals surface area contributed by atoms with E-state index in [-0.39, 0.29) is 5.78 Å². The van der Waals surface area contributed by atoms with Gasteiger partial charge in [0.2, 0.25) is 5.78 Å². The molecule has 1 aromatic carbocycles. The Bertz CT molecular complexity index is 405. The summed E-state index contributed by atoms with van der Waals surface area (Å²) in [6.07, 6.45) is 3.81. The molecule has 17 heavy (non-hydrogen) atoms. The van der Waals surface area contributed by atoms with Crippen molar-refractivity contribution in [2.24, 2.45) is 0 Å². The van der Waals surface area contributed by atoms with Gasteiger partial charge in [0.15, 0.2) is 0 Å². The van der Waals surface area contributed by atoms with E-state index in [2.05, 4.69) is 22.9 Å². The summed E-state index contributed by atoms with van der Waals surface area (Å²) in [4.78, 5) is 13.7. The molecular weight excluding hydrogens is 278 g/mol. The van der Waals surface area contributed by atoms with Gasteiger partial charge in [0.1, 0.15) is 6.54 Å². The molecule has 0 bridgehead atoms. The zero-order valence-corrected chi connectivity index (χ0v) is 11.8. The van der Waals surface area contributed by atoms with Crippen LogP contribution >= 0.6 is 15.9 Å². The number of ketones is 1. The second-order valence-electron chi connectivity index (χ2n) is 4.88. The lowest BCUT2D eigenvalue weighted by atomic mass is 10.0. The maximum Gasteiger partial charge on any atom is 0.217 e. The van der Waals surface area contributed by atoms with Crippen LogP contribution in [0.3, 0.4) is 0 Å². The number of hydrogen-bond donors (Lipinski definition) is 1. The highest BCUT2D eigenvalue weighted by molar-refractivity contribution is 9.10. The Morgan fingerprint density at radius 3 is 2.88 bits per heavy atom. The number of rotatable bonds is 3. The molecule has 1 aliphatic rings. The third kappa shape index (κ3) is 3.17. The van der Waals surface area contributed by atoms with E-state index in [9.17, 15) is 4.79 Å². The number of likely N-dealkylation sites (tertiary alicyclic amines) is 1. The molecule has 1 saturated heterocycles. The maximum absolute atomic E-state index is 12.2. The Balaban J connectivity index is 2.04. The molecule has 1 aliphatic heterocycles. The summed E-state index contributed by atoms with van der Waals surface area (Å²) >= 11 is 3.45. The first-order chi connectivity index (χ1) is 8.18. The molecule has 0 radical (unpaired) electrons. The lowest BCUT2D eigenvalue weighted by Crippen LogP contribution is -3.16. The summed E-state index contributed by atoms with van der Waals surface area (Å²) < 4.78 is 0.911. The first kappa shape index (κ1) is 12.8. The first-order valence-electron chi connectivity index (χ1n) is 6.31. The van der Waals surface area contributed by atoms with E-state index in [4.69, 9.17) is 0 Å². The van der Waals surface area contributed by atoms with Crippen LogP contribution in [0.4, 0.5) is 0 Å². The molecule has 0 spiro atoms. The van der Waals surface area contributed by atoms with Gasteiger partial charge in [-0.1, -0.05) is 34.1 Å². The molecule has 0 amide bonds. The predicted molar refractivity (Wildman–Crippen MR) is 72.5 cm³/mol. The maximum atomic E-state index is 12.2. The highest BCUT2D eigenvalue weighted by Crippen LogP contribution is 2.15. The fourth-order valence-electron chi connectivity index (χ4n) is 2.50. The van der Waals surface area contributed by atoms with E-state index in [1.807, 2.05) is 24.3 Å².